The molecule has 20 heavy (non-hydrogen) atoms. The molecule has 0 bridgehead atoms. The maximum Gasteiger partial charge on any atom is 0.108 e. The fraction of sp³-hybridized carbons (Fsp3) is 0.938. The maximum atomic E-state index is 9.62. The molecule has 1 heterocycles. The van der Waals surface area contributed by atoms with Gasteiger partial charge in [-0.15, -0.1) is 0 Å². The van der Waals surface area contributed by atoms with E-state index < -0.39 is 0 Å². The highest BCUT2D eigenvalue weighted by atomic mass is 15.3. The van der Waals surface area contributed by atoms with Gasteiger partial charge in [-0.3, -0.25) is 15.1 Å². The Balaban J connectivity index is 1.63. The minimum Gasteiger partial charge on any atom is -0.298 e. The molecule has 1 aliphatic heterocycles. The lowest BCUT2D eigenvalue weighted by molar-refractivity contribution is 0.0338. The van der Waals surface area contributed by atoms with Crippen LogP contribution in [0.3, 0.4) is 0 Å². The molecular formula is C16H28N4. The minimum absolute atomic E-state index is 0.234. The lowest BCUT2D eigenvalue weighted by atomic mass is 9.98. The molecule has 4 atom stereocenters. The van der Waals surface area contributed by atoms with E-state index >= 15 is 0 Å². The highest BCUT2D eigenvalue weighted by Crippen LogP contribution is 2.36. The third kappa shape index (κ3) is 2.72. The topological polar surface area (TPSA) is 42.3 Å². The summed E-state index contributed by atoms with van der Waals surface area (Å²) in [4.78, 5) is 5.12. The molecule has 4 nitrogen and oxygen atoms in total. The Morgan fingerprint density at radius 2 is 1.80 bits per heavy atom. The van der Waals surface area contributed by atoms with Crippen LogP contribution in [0.4, 0.5) is 0 Å². The Labute approximate surface area is 123 Å². The van der Waals surface area contributed by atoms with Gasteiger partial charge in [-0.05, 0) is 53.0 Å². The van der Waals surface area contributed by atoms with E-state index in [0.717, 1.165) is 25.9 Å². The number of rotatable bonds is 3. The molecule has 4 unspecified atom stereocenters. The summed E-state index contributed by atoms with van der Waals surface area (Å²) in [5.74, 6) is 0. The summed E-state index contributed by atoms with van der Waals surface area (Å²) in [5.41, 5.74) is -0.234. The normalized spacial score (nSPS) is 43.6. The first kappa shape index (κ1) is 14.3. The highest BCUT2D eigenvalue weighted by Gasteiger charge is 2.45. The summed E-state index contributed by atoms with van der Waals surface area (Å²) in [6.45, 7) is 6.93. The van der Waals surface area contributed by atoms with Gasteiger partial charge in [0, 0.05) is 37.3 Å². The number of likely N-dealkylation sites (N-methyl/N-ethyl adjacent to an activating group) is 1. The Morgan fingerprint density at radius 1 is 1.15 bits per heavy atom. The average Bonchev–Trinajstić information content (AvgIpc) is 3.13. The van der Waals surface area contributed by atoms with Crippen LogP contribution < -0.4 is 5.32 Å². The summed E-state index contributed by atoms with van der Waals surface area (Å²) in [6.07, 6.45) is 5.74. The van der Waals surface area contributed by atoms with Gasteiger partial charge in [0.25, 0.3) is 0 Å². The Bertz CT molecular complexity index is 388. The molecule has 0 amide bonds. The quantitative estimate of drug-likeness (QED) is 0.850. The van der Waals surface area contributed by atoms with Crippen LogP contribution in [0.15, 0.2) is 0 Å². The summed E-state index contributed by atoms with van der Waals surface area (Å²) in [6, 6.07) is 5.06. The van der Waals surface area contributed by atoms with Crippen LogP contribution >= 0.6 is 0 Å². The van der Waals surface area contributed by atoms with E-state index in [1.165, 1.54) is 19.3 Å². The Hall–Kier alpha value is -0.630. The molecule has 3 fully saturated rings. The van der Waals surface area contributed by atoms with Crippen molar-refractivity contribution in [1.29, 1.82) is 5.26 Å². The van der Waals surface area contributed by atoms with E-state index in [9.17, 15) is 5.26 Å². The molecule has 3 rings (SSSR count). The average molecular weight is 276 g/mol. The molecule has 0 aromatic heterocycles. The monoisotopic (exact) mass is 276 g/mol. The van der Waals surface area contributed by atoms with Gasteiger partial charge in [-0.2, -0.15) is 5.26 Å². The van der Waals surface area contributed by atoms with Crippen LogP contribution in [-0.2, 0) is 0 Å². The number of nitriles is 1. The molecule has 3 aliphatic rings. The van der Waals surface area contributed by atoms with Gasteiger partial charge in [0.1, 0.15) is 5.54 Å². The molecule has 112 valence electrons. The number of nitrogens with zero attached hydrogens (tertiary/aromatic N) is 3. The van der Waals surface area contributed by atoms with Crippen LogP contribution in [0.1, 0.15) is 46.0 Å². The largest absolute Gasteiger partial charge is 0.298 e. The second-order valence-electron chi connectivity index (χ2n) is 7.33. The van der Waals surface area contributed by atoms with Gasteiger partial charge < -0.3 is 0 Å². The zero-order chi connectivity index (χ0) is 14.3. The predicted octanol–water partition coefficient (Wildman–Crippen LogP) is 1.58. The van der Waals surface area contributed by atoms with Gasteiger partial charge in [0.2, 0.25) is 0 Å². The van der Waals surface area contributed by atoms with Crippen molar-refractivity contribution in [2.45, 2.75) is 75.7 Å². The first-order valence-corrected chi connectivity index (χ1v) is 8.18. The van der Waals surface area contributed by atoms with E-state index in [1.807, 2.05) is 0 Å². The number of piperazine rings is 1. The molecule has 0 aromatic rings. The van der Waals surface area contributed by atoms with Gasteiger partial charge >= 0.3 is 0 Å². The summed E-state index contributed by atoms with van der Waals surface area (Å²) in [5, 5.41) is 13.2. The Morgan fingerprint density at radius 3 is 2.35 bits per heavy atom. The van der Waals surface area contributed by atoms with Crippen molar-refractivity contribution in [1.82, 2.24) is 15.1 Å². The lowest BCUT2D eigenvalue weighted by Crippen LogP contribution is -2.57. The van der Waals surface area contributed by atoms with Gasteiger partial charge in [0.15, 0.2) is 0 Å². The van der Waals surface area contributed by atoms with Crippen LogP contribution in [0.25, 0.3) is 0 Å². The molecule has 4 heteroatoms. The van der Waals surface area contributed by atoms with E-state index in [1.54, 1.807) is 0 Å². The predicted molar refractivity (Wildman–Crippen MR) is 80.4 cm³/mol. The van der Waals surface area contributed by atoms with Crippen molar-refractivity contribution >= 4 is 0 Å². The molecule has 0 aromatic carbocycles. The standard InChI is InChI=1S/C16H28N4/c1-12-9-20(10-13(2)19(12)3)15-6-7-16(8-15,11-17)18-14-4-5-14/h12-15,18H,4-10H2,1-3H3. The molecule has 2 aliphatic carbocycles. The summed E-state index contributed by atoms with van der Waals surface area (Å²) >= 11 is 0. The van der Waals surface area contributed by atoms with Crippen molar-refractivity contribution in [3.8, 4) is 6.07 Å². The van der Waals surface area contributed by atoms with E-state index in [2.05, 4.69) is 42.1 Å². The Kier molecular flexibility index (Phi) is 3.79. The van der Waals surface area contributed by atoms with Crippen LogP contribution in [-0.4, -0.2) is 59.6 Å². The maximum absolute atomic E-state index is 9.62. The lowest BCUT2D eigenvalue weighted by Gasteiger charge is -2.45. The molecule has 1 saturated heterocycles. The smallest absolute Gasteiger partial charge is 0.108 e. The summed E-state index contributed by atoms with van der Waals surface area (Å²) < 4.78 is 0. The zero-order valence-electron chi connectivity index (χ0n) is 13.1. The molecule has 0 spiro atoms. The van der Waals surface area contributed by atoms with E-state index in [-0.39, 0.29) is 5.54 Å². The SMILES string of the molecule is CC1CN(C2CCC(C#N)(NC3CC3)C2)CC(C)N1C. The van der Waals surface area contributed by atoms with E-state index in [4.69, 9.17) is 0 Å². The third-order valence-corrected chi connectivity index (χ3v) is 5.66. The minimum atomic E-state index is -0.234. The van der Waals surface area contributed by atoms with Gasteiger partial charge in [-0.1, -0.05) is 0 Å². The first-order chi connectivity index (χ1) is 9.53. The highest BCUT2D eigenvalue weighted by molar-refractivity contribution is 5.15. The van der Waals surface area contributed by atoms with Crippen molar-refractivity contribution < 1.29 is 0 Å². The summed E-state index contributed by atoms with van der Waals surface area (Å²) in [7, 11) is 2.23. The van der Waals surface area contributed by atoms with Crippen molar-refractivity contribution in [2.24, 2.45) is 0 Å². The molecule has 2 saturated carbocycles. The van der Waals surface area contributed by atoms with Gasteiger partial charge in [-0.25, -0.2) is 0 Å². The van der Waals surface area contributed by atoms with E-state index in [0.29, 0.717) is 24.2 Å². The molecule has 1 N–H and O–H groups in total. The third-order valence-electron chi connectivity index (χ3n) is 5.66. The van der Waals surface area contributed by atoms with Crippen molar-refractivity contribution in [3.63, 3.8) is 0 Å². The fourth-order valence-electron chi connectivity index (χ4n) is 3.96. The van der Waals surface area contributed by atoms with Crippen LogP contribution in [0.2, 0.25) is 0 Å². The second kappa shape index (κ2) is 5.29. The van der Waals surface area contributed by atoms with Crippen LogP contribution in [0.5, 0.6) is 0 Å². The molecule has 0 radical (unpaired) electrons. The number of hydrogen-bond acceptors (Lipinski definition) is 4. The first-order valence-electron chi connectivity index (χ1n) is 8.18. The zero-order valence-corrected chi connectivity index (χ0v) is 13.1. The number of hydrogen-bond donors (Lipinski definition) is 1. The van der Waals surface area contributed by atoms with Gasteiger partial charge in [0.05, 0.1) is 6.07 Å². The molecular weight excluding hydrogens is 248 g/mol. The van der Waals surface area contributed by atoms with Crippen LogP contribution in [0, 0.1) is 11.3 Å². The second-order valence-corrected chi connectivity index (χ2v) is 7.33. The fourth-order valence-corrected chi connectivity index (χ4v) is 3.96. The van der Waals surface area contributed by atoms with Crippen molar-refractivity contribution in [2.75, 3.05) is 20.1 Å². The van der Waals surface area contributed by atoms with Crippen molar-refractivity contribution in [3.05, 3.63) is 0 Å². The number of nitrogens with one attached hydrogen (secondary N) is 1.